The number of aryl methyl sites for hydroxylation is 2. The van der Waals surface area contributed by atoms with Crippen LogP contribution in [-0.2, 0) is 19.3 Å². The van der Waals surface area contributed by atoms with E-state index in [1.54, 1.807) is 24.0 Å². The van der Waals surface area contributed by atoms with E-state index in [0.29, 0.717) is 11.1 Å². The van der Waals surface area contributed by atoms with Gasteiger partial charge in [-0.25, -0.2) is 9.50 Å². The van der Waals surface area contributed by atoms with Crippen molar-refractivity contribution < 1.29 is 18.0 Å². The molecule has 10 heteroatoms. The number of hydrogen-bond donors (Lipinski definition) is 0. The molecule has 0 saturated carbocycles. The Morgan fingerprint density at radius 3 is 2.69 bits per heavy atom. The van der Waals surface area contributed by atoms with Crippen molar-refractivity contribution in [1.29, 1.82) is 0 Å². The highest BCUT2D eigenvalue weighted by molar-refractivity contribution is 5.93. The number of fused-ring (bicyclic) bond motifs is 1. The maximum absolute atomic E-state index is 13.2. The van der Waals surface area contributed by atoms with Gasteiger partial charge in [0.2, 0.25) is 0 Å². The Balaban J connectivity index is 1.93. The molecule has 3 heterocycles. The summed E-state index contributed by atoms with van der Waals surface area (Å²) < 4.78 is 42.0. The number of amides is 1. The van der Waals surface area contributed by atoms with Crippen LogP contribution in [0.1, 0.15) is 34.5 Å². The lowest BCUT2D eigenvalue weighted by Gasteiger charge is -2.16. The molecule has 0 radical (unpaired) electrons. The van der Waals surface area contributed by atoms with Gasteiger partial charge in [0.1, 0.15) is 5.69 Å². The Kier molecular flexibility index (Phi) is 4.43. The van der Waals surface area contributed by atoms with Gasteiger partial charge in [0.25, 0.3) is 5.91 Å². The molecule has 0 spiro atoms. The predicted octanol–water partition coefficient (Wildman–Crippen LogP) is 2.55. The molecule has 3 aromatic heterocycles. The van der Waals surface area contributed by atoms with Crippen LogP contribution in [0.3, 0.4) is 0 Å². The number of rotatable bonds is 4. The normalized spacial score (nSPS) is 11.9. The molecule has 0 aliphatic carbocycles. The Morgan fingerprint density at radius 1 is 1.31 bits per heavy atom. The molecule has 0 unspecified atom stereocenters. The molecular formula is C16H17F3N6O. The van der Waals surface area contributed by atoms with E-state index in [4.69, 9.17) is 0 Å². The average molecular weight is 366 g/mol. The minimum absolute atomic E-state index is 0.0207. The van der Waals surface area contributed by atoms with Gasteiger partial charge >= 0.3 is 6.18 Å². The van der Waals surface area contributed by atoms with Gasteiger partial charge in [-0.1, -0.05) is 0 Å². The highest BCUT2D eigenvalue weighted by atomic mass is 19.4. The zero-order valence-corrected chi connectivity index (χ0v) is 14.4. The van der Waals surface area contributed by atoms with Crippen LogP contribution in [0.25, 0.3) is 5.65 Å². The van der Waals surface area contributed by atoms with Crippen molar-refractivity contribution >= 4 is 11.6 Å². The molecule has 0 aliphatic heterocycles. The Labute approximate surface area is 147 Å². The summed E-state index contributed by atoms with van der Waals surface area (Å²) in [7, 11) is 1.56. The van der Waals surface area contributed by atoms with Gasteiger partial charge < -0.3 is 4.90 Å². The smallest absolute Gasteiger partial charge is 0.334 e. The van der Waals surface area contributed by atoms with E-state index < -0.39 is 17.8 Å². The molecule has 0 aromatic carbocycles. The summed E-state index contributed by atoms with van der Waals surface area (Å²) in [4.78, 5) is 18.0. The maximum Gasteiger partial charge on any atom is 0.433 e. The van der Waals surface area contributed by atoms with Crippen LogP contribution >= 0.6 is 0 Å². The molecule has 0 saturated heterocycles. The standard InChI is InChI=1S/C16H17F3N6O/c1-4-24-11(5-6-20-24)9-23(3)15(26)12-8-14-21-10(2)7-13(16(17,18)19)25(14)22-12/h5-8H,4,9H2,1-3H3. The van der Waals surface area contributed by atoms with Gasteiger partial charge in [-0.2, -0.15) is 23.4 Å². The van der Waals surface area contributed by atoms with Crippen LogP contribution in [-0.4, -0.2) is 42.2 Å². The van der Waals surface area contributed by atoms with Crippen LogP contribution in [0.5, 0.6) is 0 Å². The largest absolute Gasteiger partial charge is 0.433 e. The van der Waals surface area contributed by atoms with E-state index in [2.05, 4.69) is 15.2 Å². The molecule has 0 N–H and O–H groups in total. The molecular weight excluding hydrogens is 349 g/mol. The molecule has 3 rings (SSSR count). The van der Waals surface area contributed by atoms with Crippen LogP contribution in [0.2, 0.25) is 0 Å². The van der Waals surface area contributed by atoms with Gasteiger partial charge in [-0.3, -0.25) is 9.48 Å². The van der Waals surface area contributed by atoms with E-state index in [0.717, 1.165) is 11.8 Å². The fraction of sp³-hybridized carbons (Fsp3) is 0.375. The third-order valence-electron chi connectivity index (χ3n) is 3.91. The molecule has 1 amide bonds. The average Bonchev–Trinajstić information content (AvgIpc) is 3.18. The number of halogens is 3. The first-order valence-electron chi connectivity index (χ1n) is 7.91. The fourth-order valence-electron chi connectivity index (χ4n) is 2.70. The quantitative estimate of drug-likeness (QED) is 0.712. The first-order chi connectivity index (χ1) is 12.2. The highest BCUT2D eigenvalue weighted by Gasteiger charge is 2.35. The van der Waals surface area contributed by atoms with E-state index in [1.165, 1.54) is 17.9 Å². The van der Waals surface area contributed by atoms with Crippen molar-refractivity contribution in [2.75, 3.05) is 7.05 Å². The number of aromatic nitrogens is 5. The second-order valence-corrected chi connectivity index (χ2v) is 5.88. The summed E-state index contributed by atoms with van der Waals surface area (Å²) in [6.07, 6.45) is -2.97. The van der Waals surface area contributed by atoms with Crippen molar-refractivity contribution in [3.8, 4) is 0 Å². The zero-order valence-electron chi connectivity index (χ0n) is 14.4. The number of carbonyl (C=O) groups is 1. The summed E-state index contributed by atoms with van der Waals surface area (Å²) in [6.45, 7) is 4.30. The van der Waals surface area contributed by atoms with Crippen LogP contribution < -0.4 is 0 Å². The van der Waals surface area contributed by atoms with Gasteiger partial charge in [0.05, 0.1) is 12.2 Å². The summed E-state index contributed by atoms with van der Waals surface area (Å²) in [5, 5.41) is 7.96. The molecule has 0 fully saturated rings. The molecule has 3 aromatic rings. The van der Waals surface area contributed by atoms with Crippen LogP contribution in [0.4, 0.5) is 13.2 Å². The van der Waals surface area contributed by atoms with Crippen molar-refractivity contribution in [1.82, 2.24) is 29.3 Å². The molecule has 0 bridgehead atoms. The van der Waals surface area contributed by atoms with Crippen molar-refractivity contribution in [2.24, 2.45) is 0 Å². The number of hydrogen-bond acceptors (Lipinski definition) is 4. The molecule has 0 aliphatic rings. The SMILES string of the molecule is CCn1nccc1CN(C)C(=O)c1cc2nc(C)cc(C(F)(F)F)n2n1. The summed E-state index contributed by atoms with van der Waals surface area (Å²) in [5.74, 6) is -0.495. The first-order valence-corrected chi connectivity index (χ1v) is 7.91. The predicted molar refractivity (Wildman–Crippen MR) is 86.4 cm³/mol. The van der Waals surface area contributed by atoms with E-state index in [-0.39, 0.29) is 23.6 Å². The molecule has 0 atom stereocenters. The van der Waals surface area contributed by atoms with E-state index in [9.17, 15) is 18.0 Å². The van der Waals surface area contributed by atoms with Crippen molar-refractivity contribution in [2.45, 2.75) is 33.1 Å². The van der Waals surface area contributed by atoms with Gasteiger partial charge in [-0.15, -0.1) is 0 Å². The Bertz CT molecular complexity index is 959. The van der Waals surface area contributed by atoms with Crippen molar-refractivity contribution in [3.05, 3.63) is 47.2 Å². The minimum Gasteiger partial charge on any atom is -0.334 e. The maximum atomic E-state index is 13.2. The fourth-order valence-corrected chi connectivity index (χ4v) is 2.70. The second-order valence-electron chi connectivity index (χ2n) is 5.88. The first kappa shape index (κ1) is 17.9. The van der Waals surface area contributed by atoms with Crippen molar-refractivity contribution in [3.63, 3.8) is 0 Å². The van der Waals surface area contributed by atoms with Gasteiger partial charge in [0, 0.05) is 31.5 Å². The third-order valence-corrected chi connectivity index (χ3v) is 3.91. The lowest BCUT2D eigenvalue weighted by Crippen LogP contribution is -2.28. The van der Waals surface area contributed by atoms with E-state index >= 15 is 0 Å². The molecule has 26 heavy (non-hydrogen) atoms. The number of nitrogens with zero attached hydrogens (tertiary/aromatic N) is 6. The number of carbonyl (C=O) groups excluding carboxylic acids is 1. The highest BCUT2D eigenvalue weighted by Crippen LogP contribution is 2.30. The topological polar surface area (TPSA) is 68.3 Å². The minimum atomic E-state index is -4.60. The number of alkyl halides is 3. The monoisotopic (exact) mass is 366 g/mol. The lowest BCUT2D eigenvalue weighted by atomic mass is 10.3. The van der Waals surface area contributed by atoms with Crippen LogP contribution in [0, 0.1) is 6.92 Å². The summed E-state index contributed by atoms with van der Waals surface area (Å²) >= 11 is 0. The Hall–Kier alpha value is -2.91. The summed E-state index contributed by atoms with van der Waals surface area (Å²) in [6, 6.07) is 3.94. The van der Waals surface area contributed by atoms with Gasteiger partial charge in [-0.05, 0) is 26.0 Å². The zero-order chi connectivity index (χ0) is 19.1. The molecule has 7 nitrogen and oxygen atoms in total. The third kappa shape index (κ3) is 3.26. The molecule has 138 valence electrons. The Morgan fingerprint density at radius 2 is 2.04 bits per heavy atom. The van der Waals surface area contributed by atoms with Gasteiger partial charge in [0.15, 0.2) is 11.3 Å². The summed E-state index contributed by atoms with van der Waals surface area (Å²) in [5.41, 5.74) is -0.0712. The second kappa shape index (κ2) is 6.43. The van der Waals surface area contributed by atoms with Crippen LogP contribution in [0.15, 0.2) is 24.4 Å². The lowest BCUT2D eigenvalue weighted by molar-refractivity contribution is -0.142. The van der Waals surface area contributed by atoms with E-state index in [1.807, 2.05) is 6.92 Å².